The highest BCUT2D eigenvalue weighted by Gasteiger charge is 2.55. The third-order valence-electron chi connectivity index (χ3n) is 6.02. The normalized spacial score (nSPS) is 22.2. The van der Waals surface area contributed by atoms with Crippen LogP contribution in [0.3, 0.4) is 0 Å². The topological polar surface area (TPSA) is 66.5 Å². The van der Waals surface area contributed by atoms with Gasteiger partial charge in [0.15, 0.2) is 5.78 Å². The van der Waals surface area contributed by atoms with Crippen LogP contribution in [0, 0.1) is 13.8 Å². The third kappa shape index (κ3) is 2.65. The van der Waals surface area contributed by atoms with Crippen LogP contribution in [0.1, 0.15) is 52.4 Å². The molecule has 2 aromatic rings. The van der Waals surface area contributed by atoms with Crippen molar-refractivity contribution in [2.75, 3.05) is 0 Å². The summed E-state index contributed by atoms with van der Waals surface area (Å²) in [5.74, 6) is -0.540. The summed E-state index contributed by atoms with van der Waals surface area (Å²) in [5.41, 5.74) is 3.25. The summed E-state index contributed by atoms with van der Waals surface area (Å²) >= 11 is 0. The quantitative estimate of drug-likeness (QED) is 0.657. The maximum absolute atomic E-state index is 13.5. The molecule has 1 heterocycles. The average Bonchev–Trinajstić information content (AvgIpc) is 2.93. The molecule has 2 aliphatic rings. The molecule has 1 aliphatic carbocycles. The van der Waals surface area contributed by atoms with E-state index < -0.39 is 17.6 Å². The van der Waals surface area contributed by atoms with Gasteiger partial charge in [0.2, 0.25) is 0 Å². The molecule has 0 radical (unpaired) electrons. The van der Waals surface area contributed by atoms with Crippen molar-refractivity contribution in [2.45, 2.75) is 51.6 Å². The maximum atomic E-state index is 13.5. The number of fused-ring (bicyclic) bond motifs is 2. The maximum Gasteiger partial charge on any atom is 0.325 e. The van der Waals surface area contributed by atoms with Crippen LogP contribution in [-0.2, 0) is 16.8 Å². The minimum absolute atomic E-state index is 0.217. The molecule has 1 N–H and O–H groups in total. The number of amides is 3. The minimum Gasteiger partial charge on any atom is -0.319 e. The number of carbonyl (C=O) groups excluding carboxylic acids is 3. The van der Waals surface area contributed by atoms with Gasteiger partial charge in [-0.1, -0.05) is 42.0 Å². The van der Waals surface area contributed by atoms with Gasteiger partial charge in [0, 0.05) is 5.56 Å². The van der Waals surface area contributed by atoms with E-state index in [-0.39, 0.29) is 11.7 Å². The highest BCUT2D eigenvalue weighted by molar-refractivity contribution is 6.13. The Labute approximate surface area is 164 Å². The molecule has 144 valence electrons. The molecule has 1 aliphatic heterocycles. The summed E-state index contributed by atoms with van der Waals surface area (Å²) in [6, 6.07) is 12.0. The molecule has 5 heteroatoms. The van der Waals surface area contributed by atoms with E-state index in [2.05, 4.69) is 5.32 Å². The van der Waals surface area contributed by atoms with E-state index >= 15 is 0 Å². The van der Waals surface area contributed by atoms with Gasteiger partial charge in [-0.05, 0) is 62.8 Å². The van der Waals surface area contributed by atoms with Gasteiger partial charge in [0.1, 0.15) is 11.6 Å². The van der Waals surface area contributed by atoms with Crippen molar-refractivity contribution in [3.63, 3.8) is 0 Å². The molecule has 3 amide bonds. The molecule has 2 aromatic carbocycles. The van der Waals surface area contributed by atoms with Crippen molar-refractivity contribution in [3.05, 3.63) is 70.3 Å². The summed E-state index contributed by atoms with van der Waals surface area (Å²) < 4.78 is 0. The number of hydrogen-bond donors (Lipinski definition) is 1. The Balaban J connectivity index is 1.71. The Morgan fingerprint density at radius 1 is 1.14 bits per heavy atom. The van der Waals surface area contributed by atoms with Gasteiger partial charge in [-0.3, -0.25) is 14.5 Å². The first-order valence-electron chi connectivity index (χ1n) is 9.71. The fourth-order valence-corrected chi connectivity index (χ4v) is 4.47. The molecule has 1 spiro atoms. The standard InChI is InChI=1S/C23H24N2O3/c1-14-10-11-15(2)18(13-14)20(26)16(3)25-21(27)23(24-22(25)28)12-6-8-17-7-4-5-9-19(17)23/h4-5,7,9-11,13,16H,6,8,12H2,1-3H3,(H,24,28)/t16-,23+/m0/s1. The lowest BCUT2D eigenvalue weighted by Crippen LogP contribution is -2.48. The summed E-state index contributed by atoms with van der Waals surface area (Å²) in [6.45, 7) is 5.42. The first-order chi connectivity index (χ1) is 13.3. The summed E-state index contributed by atoms with van der Waals surface area (Å²) in [4.78, 5) is 40.6. The number of rotatable bonds is 3. The number of ketones is 1. The molecular weight excluding hydrogens is 352 g/mol. The SMILES string of the molecule is Cc1ccc(C)c(C(=O)[C@H](C)N2C(=O)N[C@@]3(CCCc4ccccc43)C2=O)c1. The number of nitrogens with zero attached hydrogens (tertiary/aromatic N) is 1. The van der Waals surface area contributed by atoms with Crippen LogP contribution in [0.5, 0.6) is 0 Å². The van der Waals surface area contributed by atoms with Crippen LogP contribution in [-0.4, -0.2) is 28.7 Å². The van der Waals surface area contributed by atoms with E-state index in [9.17, 15) is 14.4 Å². The third-order valence-corrected chi connectivity index (χ3v) is 6.02. The van der Waals surface area contributed by atoms with Crippen LogP contribution in [0.2, 0.25) is 0 Å². The zero-order valence-corrected chi connectivity index (χ0v) is 16.4. The number of benzene rings is 2. The highest BCUT2D eigenvalue weighted by Crippen LogP contribution is 2.40. The molecule has 1 saturated heterocycles. The predicted molar refractivity (Wildman–Crippen MR) is 106 cm³/mol. The van der Waals surface area contributed by atoms with E-state index in [1.165, 1.54) is 0 Å². The summed E-state index contributed by atoms with van der Waals surface area (Å²) in [6.07, 6.45) is 2.25. The number of aryl methyl sites for hydroxylation is 3. The lowest BCUT2D eigenvalue weighted by Gasteiger charge is -2.33. The molecule has 0 bridgehead atoms. The smallest absolute Gasteiger partial charge is 0.319 e. The van der Waals surface area contributed by atoms with Crippen molar-refractivity contribution in [1.29, 1.82) is 0 Å². The fraction of sp³-hybridized carbons (Fsp3) is 0.348. The first kappa shape index (κ1) is 18.4. The monoisotopic (exact) mass is 376 g/mol. The molecule has 4 rings (SSSR count). The van der Waals surface area contributed by atoms with Gasteiger partial charge in [0.05, 0.1) is 0 Å². The van der Waals surface area contributed by atoms with Gasteiger partial charge in [-0.2, -0.15) is 0 Å². The van der Waals surface area contributed by atoms with Gasteiger partial charge in [0.25, 0.3) is 5.91 Å². The van der Waals surface area contributed by atoms with Gasteiger partial charge < -0.3 is 5.32 Å². The molecule has 0 unspecified atom stereocenters. The number of urea groups is 1. The predicted octanol–water partition coefficient (Wildman–Crippen LogP) is 3.66. The lowest BCUT2D eigenvalue weighted by atomic mass is 9.76. The molecule has 0 saturated carbocycles. The highest BCUT2D eigenvalue weighted by atomic mass is 16.2. The van der Waals surface area contributed by atoms with Crippen LogP contribution < -0.4 is 5.32 Å². The summed E-state index contributed by atoms with van der Waals surface area (Å²) in [7, 11) is 0. The fourth-order valence-electron chi connectivity index (χ4n) is 4.47. The van der Waals surface area contributed by atoms with Crippen LogP contribution in [0.25, 0.3) is 0 Å². The zero-order valence-electron chi connectivity index (χ0n) is 16.4. The molecule has 5 nitrogen and oxygen atoms in total. The molecular formula is C23H24N2O3. The second kappa shape index (κ2) is 6.59. The number of carbonyl (C=O) groups is 3. The number of Topliss-reactive ketones (excluding diaryl/α,β-unsaturated/α-hetero) is 1. The van der Waals surface area contributed by atoms with Gasteiger partial charge >= 0.3 is 6.03 Å². The van der Waals surface area contributed by atoms with Crippen LogP contribution in [0.15, 0.2) is 42.5 Å². The molecule has 2 atom stereocenters. The number of nitrogens with one attached hydrogen (secondary N) is 1. The van der Waals surface area contributed by atoms with Crippen molar-refractivity contribution in [2.24, 2.45) is 0 Å². The molecule has 28 heavy (non-hydrogen) atoms. The Bertz CT molecular complexity index is 997. The number of imide groups is 1. The van der Waals surface area contributed by atoms with Crippen molar-refractivity contribution < 1.29 is 14.4 Å². The first-order valence-corrected chi connectivity index (χ1v) is 9.71. The Kier molecular flexibility index (Phi) is 4.33. The number of hydrogen-bond acceptors (Lipinski definition) is 3. The van der Waals surface area contributed by atoms with Crippen molar-refractivity contribution in [3.8, 4) is 0 Å². The van der Waals surface area contributed by atoms with Crippen molar-refractivity contribution >= 4 is 17.7 Å². The average molecular weight is 376 g/mol. The molecule has 0 aromatic heterocycles. The summed E-state index contributed by atoms with van der Waals surface area (Å²) in [5, 5.41) is 2.92. The van der Waals surface area contributed by atoms with Crippen molar-refractivity contribution in [1.82, 2.24) is 10.2 Å². The minimum atomic E-state index is -1.05. The van der Waals surface area contributed by atoms with E-state index in [1.54, 1.807) is 6.92 Å². The van der Waals surface area contributed by atoms with Gasteiger partial charge in [-0.25, -0.2) is 4.79 Å². The Hall–Kier alpha value is -2.95. The van der Waals surface area contributed by atoms with Crippen LogP contribution >= 0.6 is 0 Å². The van der Waals surface area contributed by atoms with Gasteiger partial charge in [-0.15, -0.1) is 0 Å². The zero-order chi connectivity index (χ0) is 20.1. The second-order valence-corrected chi connectivity index (χ2v) is 7.88. The largest absolute Gasteiger partial charge is 0.325 e. The van der Waals surface area contributed by atoms with E-state index in [0.29, 0.717) is 12.0 Å². The lowest BCUT2D eigenvalue weighted by molar-refractivity contribution is -0.133. The van der Waals surface area contributed by atoms with E-state index in [1.807, 2.05) is 56.3 Å². The molecule has 1 fully saturated rings. The van der Waals surface area contributed by atoms with E-state index in [0.717, 1.165) is 40.0 Å². The Morgan fingerprint density at radius 2 is 1.89 bits per heavy atom. The Morgan fingerprint density at radius 3 is 2.68 bits per heavy atom. The van der Waals surface area contributed by atoms with Crippen LogP contribution in [0.4, 0.5) is 4.79 Å². The van der Waals surface area contributed by atoms with E-state index in [4.69, 9.17) is 0 Å². The second-order valence-electron chi connectivity index (χ2n) is 7.88.